The first-order valence-corrected chi connectivity index (χ1v) is 7.90. The number of carbonyl (C=O) groups is 2. The van der Waals surface area contributed by atoms with E-state index in [1.165, 1.54) is 4.90 Å². The van der Waals surface area contributed by atoms with Crippen LogP contribution in [0.15, 0.2) is 5.38 Å². The van der Waals surface area contributed by atoms with Gasteiger partial charge in [-0.2, -0.15) is 0 Å². The summed E-state index contributed by atoms with van der Waals surface area (Å²) < 4.78 is 0. The smallest absolute Gasteiger partial charge is 0.239 e. The third-order valence-electron chi connectivity index (χ3n) is 2.88. The number of amides is 2. The van der Waals surface area contributed by atoms with Gasteiger partial charge in [-0.25, -0.2) is 4.98 Å². The Hall–Kier alpha value is -1.47. The summed E-state index contributed by atoms with van der Waals surface area (Å²) in [4.78, 5) is 31.3. The second kappa shape index (κ2) is 8.74. The molecule has 0 fully saturated rings. The Morgan fingerprint density at radius 2 is 2.05 bits per heavy atom. The van der Waals surface area contributed by atoms with Crippen LogP contribution in [-0.4, -0.2) is 60.3 Å². The van der Waals surface area contributed by atoms with Crippen LogP contribution in [0.2, 0.25) is 0 Å². The fraction of sp³-hybridized carbons (Fsp3) is 0.643. The van der Waals surface area contributed by atoms with Gasteiger partial charge < -0.3 is 10.2 Å². The zero-order valence-electron chi connectivity index (χ0n) is 13.2. The molecule has 0 aromatic carbocycles. The molecule has 0 aliphatic heterocycles. The maximum Gasteiger partial charge on any atom is 0.239 e. The van der Waals surface area contributed by atoms with Crippen LogP contribution < -0.4 is 5.32 Å². The molecule has 1 heterocycles. The van der Waals surface area contributed by atoms with Crippen molar-refractivity contribution in [2.45, 2.75) is 26.8 Å². The molecule has 1 aromatic heterocycles. The second-order valence-corrected chi connectivity index (χ2v) is 6.19. The van der Waals surface area contributed by atoms with Crippen molar-refractivity contribution in [3.05, 3.63) is 16.1 Å². The van der Waals surface area contributed by atoms with Crippen LogP contribution >= 0.6 is 11.3 Å². The zero-order chi connectivity index (χ0) is 15.8. The molecular weight excluding hydrogens is 288 g/mol. The molecule has 0 saturated heterocycles. The molecule has 0 atom stereocenters. The Labute approximate surface area is 130 Å². The first-order chi connectivity index (χ1) is 9.92. The Morgan fingerprint density at radius 3 is 2.62 bits per heavy atom. The first kappa shape index (κ1) is 17.6. The van der Waals surface area contributed by atoms with Gasteiger partial charge in [0.25, 0.3) is 0 Å². The normalized spacial score (nSPS) is 10.7. The standard InChI is InChI=1S/C14H24N4O2S/c1-5-6-15-13(19)8-18(4)14(20)9-17(3)7-12-10-21-11(2)16-12/h10H,5-9H2,1-4H3,(H,15,19). The first-order valence-electron chi connectivity index (χ1n) is 7.02. The van der Waals surface area contributed by atoms with Gasteiger partial charge in [-0.1, -0.05) is 6.92 Å². The van der Waals surface area contributed by atoms with Gasteiger partial charge >= 0.3 is 0 Å². The summed E-state index contributed by atoms with van der Waals surface area (Å²) in [5.41, 5.74) is 0.969. The van der Waals surface area contributed by atoms with Crippen molar-refractivity contribution in [2.24, 2.45) is 0 Å². The number of aromatic nitrogens is 1. The van der Waals surface area contributed by atoms with Crippen molar-refractivity contribution in [1.29, 1.82) is 0 Å². The molecule has 1 aromatic rings. The molecule has 0 saturated carbocycles. The van der Waals surface area contributed by atoms with Crippen molar-refractivity contribution >= 4 is 23.2 Å². The average molecular weight is 312 g/mol. The molecule has 7 heteroatoms. The van der Waals surface area contributed by atoms with Gasteiger partial charge in [0, 0.05) is 25.5 Å². The van der Waals surface area contributed by atoms with Crippen LogP contribution in [0, 0.1) is 6.92 Å². The Morgan fingerprint density at radius 1 is 1.33 bits per heavy atom. The molecule has 1 rings (SSSR count). The molecule has 0 spiro atoms. The quantitative estimate of drug-likeness (QED) is 0.773. The number of carbonyl (C=O) groups excluding carboxylic acids is 2. The molecule has 1 N–H and O–H groups in total. The topological polar surface area (TPSA) is 65.5 Å². The highest BCUT2D eigenvalue weighted by atomic mass is 32.1. The summed E-state index contributed by atoms with van der Waals surface area (Å²) in [6, 6.07) is 0. The van der Waals surface area contributed by atoms with E-state index in [2.05, 4.69) is 10.3 Å². The highest BCUT2D eigenvalue weighted by Crippen LogP contribution is 2.09. The number of likely N-dealkylation sites (N-methyl/N-ethyl adjacent to an activating group) is 2. The lowest BCUT2D eigenvalue weighted by atomic mass is 10.4. The van der Waals surface area contributed by atoms with Crippen molar-refractivity contribution in [2.75, 3.05) is 33.7 Å². The van der Waals surface area contributed by atoms with Crippen LogP contribution in [0.3, 0.4) is 0 Å². The van der Waals surface area contributed by atoms with E-state index in [1.807, 2.05) is 31.2 Å². The van der Waals surface area contributed by atoms with E-state index in [4.69, 9.17) is 0 Å². The number of hydrogen-bond acceptors (Lipinski definition) is 5. The Balaban J connectivity index is 2.35. The largest absolute Gasteiger partial charge is 0.355 e. The van der Waals surface area contributed by atoms with E-state index in [0.29, 0.717) is 13.1 Å². The van der Waals surface area contributed by atoms with Crippen LogP contribution in [0.5, 0.6) is 0 Å². The van der Waals surface area contributed by atoms with Gasteiger partial charge in [0.1, 0.15) is 0 Å². The van der Waals surface area contributed by atoms with E-state index in [-0.39, 0.29) is 24.9 Å². The summed E-state index contributed by atoms with van der Waals surface area (Å²) in [7, 11) is 3.52. The summed E-state index contributed by atoms with van der Waals surface area (Å²) in [5, 5.41) is 5.78. The number of aryl methyl sites for hydroxylation is 1. The molecule has 2 amide bonds. The maximum atomic E-state index is 12.0. The number of nitrogens with zero attached hydrogens (tertiary/aromatic N) is 3. The Kier molecular flexibility index (Phi) is 7.31. The lowest BCUT2D eigenvalue weighted by Gasteiger charge is -2.21. The summed E-state index contributed by atoms with van der Waals surface area (Å²) in [6.45, 7) is 5.60. The molecule has 21 heavy (non-hydrogen) atoms. The Bertz CT molecular complexity index is 475. The lowest BCUT2D eigenvalue weighted by molar-refractivity contribution is -0.135. The monoisotopic (exact) mass is 312 g/mol. The predicted octanol–water partition coefficient (Wildman–Crippen LogP) is 0.868. The van der Waals surface area contributed by atoms with E-state index >= 15 is 0 Å². The average Bonchev–Trinajstić information content (AvgIpc) is 2.81. The van der Waals surface area contributed by atoms with Crippen molar-refractivity contribution < 1.29 is 9.59 Å². The second-order valence-electron chi connectivity index (χ2n) is 5.13. The minimum atomic E-state index is -0.120. The van der Waals surface area contributed by atoms with Crippen molar-refractivity contribution in [1.82, 2.24) is 20.1 Å². The molecule has 0 radical (unpaired) electrons. The summed E-state index contributed by atoms with van der Waals surface area (Å²) >= 11 is 1.60. The SMILES string of the molecule is CCCNC(=O)CN(C)C(=O)CN(C)Cc1csc(C)n1. The third-order valence-corrected chi connectivity index (χ3v) is 3.70. The van der Waals surface area contributed by atoms with Crippen LogP contribution in [0.1, 0.15) is 24.0 Å². The maximum absolute atomic E-state index is 12.0. The molecule has 0 aliphatic carbocycles. The van der Waals surface area contributed by atoms with Gasteiger partial charge in [-0.3, -0.25) is 14.5 Å². The minimum absolute atomic E-state index is 0.0731. The van der Waals surface area contributed by atoms with Gasteiger partial charge in [0.15, 0.2) is 0 Å². The van der Waals surface area contributed by atoms with E-state index < -0.39 is 0 Å². The molecule has 6 nitrogen and oxygen atoms in total. The van der Waals surface area contributed by atoms with E-state index in [0.717, 1.165) is 17.1 Å². The molecule has 0 aliphatic rings. The minimum Gasteiger partial charge on any atom is -0.355 e. The molecular formula is C14H24N4O2S. The number of thiazole rings is 1. The fourth-order valence-corrected chi connectivity index (χ4v) is 2.39. The van der Waals surface area contributed by atoms with Gasteiger partial charge in [-0.05, 0) is 20.4 Å². The van der Waals surface area contributed by atoms with Gasteiger partial charge in [-0.15, -0.1) is 11.3 Å². The zero-order valence-corrected chi connectivity index (χ0v) is 14.0. The summed E-state index contributed by atoms with van der Waals surface area (Å²) in [5.74, 6) is -0.193. The number of rotatable bonds is 8. The van der Waals surface area contributed by atoms with Crippen LogP contribution in [0.25, 0.3) is 0 Å². The van der Waals surface area contributed by atoms with Crippen LogP contribution in [0.4, 0.5) is 0 Å². The number of nitrogens with one attached hydrogen (secondary N) is 1. The van der Waals surface area contributed by atoms with E-state index in [9.17, 15) is 9.59 Å². The van der Waals surface area contributed by atoms with Gasteiger partial charge in [0.05, 0.1) is 23.8 Å². The molecule has 0 bridgehead atoms. The van der Waals surface area contributed by atoms with Crippen molar-refractivity contribution in [3.8, 4) is 0 Å². The third kappa shape index (κ3) is 6.68. The molecule has 0 unspecified atom stereocenters. The summed E-state index contributed by atoms with van der Waals surface area (Å²) in [6.07, 6.45) is 0.888. The highest BCUT2D eigenvalue weighted by molar-refractivity contribution is 7.09. The predicted molar refractivity (Wildman–Crippen MR) is 84.1 cm³/mol. The highest BCUT2D eigenvalue weighted by Gasteiger charge is 2.15. The fourth-order valence-electron chi connectivity index (χ4n) is 1.79. The van der Waals surface area contributed by atoms with Gasteiger partial charge in [0.2, 0.25) is 11.8 Å². The van der Waals surface area contributed by atoms with Crippen molar-refractivity contribution in [3.63, 3.8) is 0 Å². The lowest BCUT2D eigenvalue weighted by Crippen LogP contribution is -2.42. The molecule has 118 valence electrons. The van der Waals surface area contributed by atoms with E-state index in [1.54, 1.807) is 18.4 Å². The van der Waals surface area contributed by atoms with Crippen LogP contribution in [-0.2, 0) is 16.1 Å². The number of hydrogen-bond donors (Lipinski definition) is 1.